The third-order valence-corrected chi connectivity index (χ3v) is 3.89. The van der Waals surface area contributed by atoms with E-state index in [-0.39, 0.29) is 11.4 Å². The molecule has 0 bridgehead atoms. The van der Waals surface area contributed by atoms with Gasteiger partial charge in [0.1, 0.15) is 6.54 Å². The quantitative estimate of drug-likeness (QED) is 0.792. The number of rotatable bonds is 7. The number of aliphatic carboxylic acids is 1. The number of anilines is 1. The van der Waals surface area contributed by atoms with Gasteiger partial charge in [0.25, 0.3) is 0 Å². The minimum Gasteiger partial charge on any atom is -0.480 e. The first-order valence-corrected chi connectivity index (χ1v) is 8.01. The molecule has 0 radical (unpaired) electrons. The van der Waals surface area contributed by atoms with Gasteiger partial charge in [-0.05, 0) is 26.2 Å². The van der Waals surface area contributed by atoms with Crippen LogP contribution in [0.4, 0.5) is 5.69 Å². The largest absolute Gasteiger partial charge is 0.480 e. The van der Waals surface area contributed by atoms with Crippen molar-refractivity contribution in [3.8, 4) is 0 Å². The predicted octanol–water partition coefficient (Wildman–Crippen LogP) is 0.543. The Bertz CT molecular complexity index is 569. The van der Waals surface area contributed by atoms with Crippen LogP contribution in [0.25, 0.3) is 0 Å². The van der Waals surface area contributed by atoms with Crippen LogP contribution in [0.15, 0.2) is 29.2 Å². The van der Waals surface area contributed by atoms with E-state index in [0.29, 0.717) is 18.8 Å². The summed E-state index contributed by atoms with van der Waals surface area (Å²) in [6.07, 6.45) is 1.12. The van der Waals surface area contributed by atoms with E-state index in [1.54, 1.807) is 23.1 Å². The summed E-state index contributed by atoms with van der Waals surface area (Å²) in [5.74, 6) is -0.993. The monoisotopic (exact) mass is 300 g/mol. The van der Waals surface area contributed by atoms with Gasteiger partial charge in [0.2, 0.25) is 0 Å². The molecule has 6 nitrogen and oxygen atoms in total. The molecule has 1 rings (SSSR count). The fourth-order valence-corrected chi connectivity index (χ4v) is 2.70. The molecule has 0 aliphatic carbocycles. The Balaban J connectivity index is 3.16. The number of sulfone groups is 1. The highest BCUT2D eigenvalue weighted by atomic mass is 32.2. The summed E-state index contributed by atoms with van der Waals surface area (Å²) >= 11 is 0. The number of hydrogen-bond acceptors (Lipinski definition) is 5. The average molecular weight is 300 g/mol. The van der Waals surface area contributed by atoms with E-state index >= 15 is 0 Å². The lowest BCUT2D eigenvalue weighted by molar-refractivity contribution is -0.135. The van der Waals surface area contributed by atoms with Crippen LogP contribution >= 0.6 is 0 Å². The van der Waals surface area contributed by atoms with E-state index < -0.39 is 15.8 Å². The molecule has 1 N–H and O–H groups in total. The van der Waals surface area contributed by atoms with Crippen LogP contribution in [-0.2, 0) is 14.6 Å². The molecule has 1 aromatic rings. The van der Waals surface area contributed by atoms with Crippen molar-refractivity contribution < 1.29 is 18.3 Å². The van der Waals surface area contributed by atoms with Crippen molar-refractivity contribution >= 4 is 21.5 Å². The van der Waals surface area contributed by atoms with E-state index in [2.05, 4.69) is 0 Å². The van der Waals surface area contributed by atoms with Gasteiger partial charge in [-0.1, -0.05) is 12.1 Å². The van der Waals surface area contributed by atoms with Gasteiger partial charge in [-0.25, -0.2) is 8.42 Å². The average Bonchev–Trinajstić information content (AvgIpc) is 2.33. The summed E-state index contributed by atoms with van der Waals surface area (Å²) in [6, 6.07) is 6.46. The molecule has 0 unspecified atom stereocenters. The van der Waals surface area contributed by atoms with Crippen molar-refractivity contribution in [3.05, 3.63) is 24.3 Å². The van der Waals surface area contributed by atoms with Crippen molar-refractivity contribution in [1.29, 1.82) is 0 Å². The van der Waals surface area contributed by atoms with Gasteiger partial charge in [-0.15, -0.1) is 0 Å². The van der Waals surface area contributed by atoms with Crippen LogP contribution in [0.3, 0.4) is 0 Å². The molecular formula is C13H20N2O4S. The number of nitrogens with zero attached hydrogens (tertiary/aromatic N) is 2. The molecule has 0 spiro atoms. The number of benzene rings is 1. The van der Waals surface area contributed by atoms with Crippen LogP contribution in [0, 0.1) is 0 Å². The molecule has 0 saturated carbocycles. The van der Waals surface area contributed by atoms with E-state index in [1.807, 2.05) is 19.0 Å². The highest BCUT2D eigenvalue weighted by Gasteiger charge is 2.19. The zero-order valence-corrected chi connectivity index (χ0v) is 12.7. The van der Waals surface area contributed by atoms with Crippen LogP contribution in [0.2, 0.25) is 0 Å². The van der Waals surface area contributed by atoms with Gasteiger partial charge >= 0.3 is 5.97 Å². The number of para-hydroxylation sites is 1. The van der Waals surface area contributed by atoms with Crippen molar-refractivity contribution in [3.63, 3.8) is 0 Å². The highest BCUT2D eigenvalue weighted by molar-refractivity contribution is 7.90. The minimum atomic E-state index is -3.40. The van der Waals surface area contributed by atoms with Gasteiger partial charge in [-0.3, -0.25) is 4.79 Å². The Morgan fingerprint density at radius 1 is 1.20 bits per heavy atom. The second kappa shape index (κ2) is 6.71. The Morgan fingerprint density at radius 2 is 1.80 bits per heavy atom. The molecule has 0 fully saturated rings. The fraction of sp³-hybridized carbons (Fsp3) is 0.462. The number of likely N-dealkylation sites (N-methyl/N-ethyl adjacent to an activating group) is 1. The zero-order valence-electron chi connectivity index (χ0n) is 11.9. The van der Waals surface area contributed by atoms with Gasteiger partial charge in [0, 0.05) is 19.3 Å². The summed E-state index contributed by atoms with van der Waals surface area (Å²) in [4.78, 5) is 14.6. The Kier molecular flexibility index (Phi) is 5.52. The van der Waals surface area contributed by atoms with E-state index in [4.69, 9.17) is 5.11 Å². The highest BCUT2D eigenvalue weighted by Crippen LogP contribution is 2.24. The van der Waals surface area contributed by atoms with Crippen LogP contribution in [-0.4, -0.2) is 64.4 Å². The molecule has 0 atom stereocenters. The molecule has 0 saturated heterocycles. The topological polar surface area (TPSA) is 77.9 Å². The lowest BCUT2D eigenvalue weighted by Gasteiger charge is -2.26. The number of carboxylic acid groups (broad SMARTS) is 1. The lowest BCUT2D eigenvalue weighted by Crippen LogP contribution is -2.36. The standard InChI is InChI=1S/C13H20N2O4S/c1-14(2)8-9-15(10-13(16)17)11-6-4-5-7-12(11)20(3,18)19/h4-7H,8-10H2,1-3H3,(H,16,17). The van der Waals surface area contributed by atoms with Crippen LogP contribution in [0.5, 0.6) is 0 Å². The summed E-state index contributed by atoms with van der Waals surface area (Å²) in [7, 11) is 0.352. The maximum Gasteiger partial charge on any atom is 0.323 e. The summed E-state index contributed by atoms with van der Waals surface area (Å²) < 4.78 is 23.6. The van der Waals surface area contributed by atoms with Crippen LogP contribution < -0.4 is 4.90 Å². The lowest BCUT2D eigenvalue weighted by atomic mass is 10.2. The van der Waals surface area contributed by atoms with Crippen molar-refractivity contribution in [2.24, 2.45) is 0 Å². The second-order valence-corrected chi connectivity index (χ2v) is 6.84. The molecule has 0 aliphatic rings. The van der Waals surface area contributed by atoms with Crippen molar-refractivity contribution in [1.82, 2.24) is 4.90 Å². The molecule has 7 heteroatoms. The Hall–Kier alpha value is -1.60. The SMILES string of the molecule is CN(C)CCN(CC(=O)O)c1ccccc1S(C)(=O)=O. The Morgan fingerprint density at radius 3 is 2.30 bits per heavy atom. The molecule has 1 aromatic carbocycles. The molecular weight excluding hydrogens is 280 g/mol. The number of hydrogen-bond donors (Lipinski definition) is 1. The molecule has 112 valence electrons. The second-order valence-electron chi connectivity index (χ2n) is 4.86. The third-order valence-electron chi connectivity index (χ3n) is 2.75. The summed E-state index contributed by atoms with van der Waals surface area (Å²) in [5, 5.41) is 9.00. The summed E-state index contributed by atoms with van der Waals surface area (Å²) in [5.41, 5.74) is 0.430. The van der Waals surface area contributed by atoms with Crippen LogP contribution in [0.1, 0.15) is 0 Å². The fourth-order valence-electron chi connectivity index (χ4n) is 1.80. The van der Waals surface area contributed by atoms with Gasteiger partial charge in [0.15, 0.2) is 9.84 Å². The molecule has 0 aliphatic heterocycles. The van der Waals surface area contributed by atoms with Crippen molar-refractivity contribution in [2.45, 2.75) is 4.90 Å². The van der Waals surface area contributed by atoms with Gasteiger partial charge < -0.3 is 14.9 Å². The van der Waals surface area contributed by atoms with E-state index in [9.17, 15) is 13.2 Å². The minimum absolute atomic E-state index is 0.153. The van der Waals surface area contributed by atoms with Gasteiger partial charge in [-0.2, -0.15) is 0 Å². The normalized spacial score (nSPS) is 11.6. The molecule has 0 aromatic heterocycles. The van der Waals surface area contributed by atoms with E-state index in [1.165, 1.54) is 6.07 Å². The van der Waals surface area contributed by atoms with E-state index in [0.717, 1.165) is 6.26 Å². The number of carbonyl (C=O) groups is 1. The maximum absolute atomic E-state index is 11.8. The molecule has 0 heterocycles. The first-order chi connectivity index (χ1) is 9.21. The predicted molar refractivity (Wildman–Crippen MR) is 78.0 cm³/mol. The zero-order chi connectivity index (χ0) is 15.3. The van der Waals surface area contributed by atoms with Gasteiger partial charge in [0.05, 0.1) is 10.6 Å². The molecule has 0 amide bonds. The Labute approximate surface area is 119 Å². The first kappa shape index (κ1) is 16.5. The van der Waals surface area contributed by atoms with Crippen molar-refractivity contribution in [2.75, 3.05) is 44.9 Å². The number of carboxylic acids is 1. The molecule has 20 heavy (non-hydrogen) atoms. The summed E-state index contributed by atoms with van der Waals surface area (Å²) in [6.45, 7) is 0.831. The smallest absolute Gasteiger partial charge is 0.323 e. The third kappa shape index (κ3) is 4.82. The maximum atomic E-state index is 11.8. The first-order valence-electron chi connectivity index (χ1n) is 6.12.